The van der Waals surface area contributed by atoms with Crippen molar-refractivity contribution >= 4 is 77.8 Å². The minimum absolute atomic E-state index is 0.753. The highest BCUT2D eigenvalue weighted by molar-refractivity contribution is 6.14. The Bertz CT molecular complexity index is 2220. The van der Waals surface area contributed by atoms with Crippen molar-refractivity contribution in [2.24, 2.45) is 0 Å². The first kappa shape index (κ1) is 27.3. The molecule has 8 aromatic rings. The van der Waals surface area contributed by atoms with Gasteiger partial charge in [0.2, 0.25) is 0 Å². The van der Waals surface area contributed by atoms with Crippen LogP contribution in [-0.2, 0) is 0 Å². The van der Waals surface area contributed by atoms with Crippen LogP contribution in [0.3, 0.4) is 0 Å². The number of hydrogen-bond donors (Lipinski definition) is 2. The molecule has 8 aromatic carbocycles. The summed E-state index contributed by atoms with van der Waals surface area (Å²) in [5, 5.41) is 6.45. The quantitative estimate of drug-likeness (QED) is 0.189. The van der Waals surface area contributed by atoms with E-state index in [1.165, 1.54) is 0 Å². The lowest BCUT2D eigenvalue weighted by Crippen LogP contribution is -2.14. The molecular weight excluding hydrogens is 560 g/mol. The molecule has 0 atom stereocenters. The maximum atomic E-state index is 6.53. The zero-order chi connectivity index (χ0) is 31.0. The highest BCUT2D eigenvalue weighted by atomic mass is 15.2. The van der Waals surface area contributed by atoms with Crippen molar-refractivity contribution in [2.75, 3.05) is 21.3 Å². The largest absolute Gasteiger partial charge is 0.398 e. The summed E-state index contributed by atoms with van der Waals surface area (Å²) in [7, 11) is 0. The minimum atomic E-state index is 0.753. The third-order valence-electron chi connectivity index (χ3n) is 8.74. The van der Waals surface area contributed by atoms with Gasteiger partial charge in [-0.3, -0.25) is 0 Å². The van der Waals surface area contributed by atoms with E-state index in [4.69, 9.17) is 11.5 Å². The molecule has 0 radical (unpaired) electrons. The van der Waals surface area contributed by atoms with E-state index in [0.29, 0.717) is 0 Å². The maximum Gasteiger partial charge on any atom is 0.0542 e. The first-order valence-electron chi connectivity index (χ1n) is 15.5. The van der Waals surface area contributed by atoms with Gasteiger partial charge in [-0.25, -0.2) is 0 Å². The van der Waals surface area contributed by atoms with E-state index in [1.54, 1.807) is 0 Å². The molecular formula is C42H32N4. The zero-order valence-electron chi connectivity index (χ0n) is 25.2. The summed E-state index contributed by atoms with van der Waals surface area (Å²) in [4.78, 5) is 4.69. The lowest BCUT2D eigenvalue weighted by atomic mass is 9.99. The molecule has 4 nitrogen and oxygen atoms in total. The number of rotatable bonds is 6. The third-order valence-corrected chi connectivity index (χ3v) is 8.74. The summed E-state index contributed by atoms with van der Waals surface area (Å²) in [6.07, 6.45) is 0. The Labute approximate surface area is 268 Å². The fourth-order valence-electron chi connectivity index (χ4n) is 6.63. The molecule has 0 aliphatic carbocycles. The first-order chi connectivity index (χ1) is 22.7. The number of para-hydroxylation sites is 2. The van der Waals surface area contributed by atoms with Crippen molar-refractivity contribution in [3.8, 4) is 0 Å². The van der Waals surface area contributed by atoms with Crippen LogP contribution in [0.5, 0.6) is 0 Å². The lowest BCUT2D eigenvalue weighted by molar-refractivity contribution is 1.29. The van der Waals surface area contributed by atoms with Gasteiger partial charge in [0.25, 0.3) is 0 Å². The van der Waals surface area contributed by atoms with Crippen LogP contribution in [0.25, 0.3) is 32.3 Å². The number of nitrogen functional groups attached to an aromatic ring is 2. The average molecular weight is 593 g/mol. The van der Waals surface area contributed by atoms with Crippen LogP contribution in [0.2, 0.25) is 0 Å². The van der Waals surface area contributed by atoms with E-state index in [0.717, 1.165) is 77.8 Å². The number of anilines is 8. The molecule has 0 heterocycles. The summed E-state index contributed by atoms with van der Waals surface area (Å²) in [6.45, 7) is 0. The van der Waals surface area contributed by atoms with E-state index >= 15 is 0 Å². The fraction of sp³-hybridized carbons (Fsp3) is 0. The fourth-order valence-corrected chi connectivity index (χ4v) is 6.63. The molecule has 0 fully saturated rings. The van der Waals surface area contributed by atoms with E-state index in [1.807, 2.05) is 24.3 Å². The Morgan fingerprint density at radius 2 is 0.543 bits per heavy atom. The summed E-state index contributed by atoms with van der Waals surface area (Å²) < 4.78 is 0. The summed E-state index contributed by atoms with van der Waals surface area (Å²) in [5.74, 6) is 0. The van der Waals surface area contributed by atoms with Crippen molar-refractivity contribution < 1.29 is 0 Å². The van der Waals surface area contributed by atoms with Crippen LogP contribution in [0.4, 0.5) is 45.5 Å². The molecule has 46 heavy (non-hydrogen) atoms. The summed E-state index contributed by atoms with van der Waals surface area (Å²) >= 11 is 0. The molecule has 0 aromatic heterocycles. The van der Waals surface area contributed by atoms with Crippen LogP contribution in [0, 0.1) is 0 Å². The number of benzene rings is 8. The second-order valence-electron chi connectivity index (χ2n) is 11.4. The lowest BCUT2D eigenvalue weighted by Gasteiger charge is -2.32. The summed E-state index contributed by atoms with van der Waals surface area (Å²) in [5.41, 5.74) is 21.0. The second kappa shape index (κ2) is 11.3. The highest BCUT2D eigenvalue weighted by Gasteiger charge is 2.23. The topological polar surface area (TPSA) is 58.5 Å². The maximum absolute atomic E-state index is 6.53. The van der Waals surface area contributed by atoms with Crippen molar-refractivity contribution in [3.63, 3.8) is 0 Å². The van der Waals surface area contributed by atoms with Gasteiger partial charge in [0.1, 0.15) is 0 Å². The molecule has 0 spiro atoms. The van der Waals surface area contributed by atoms with E-state index < -0.39 is 0 Å². The third kappa shape index (κ3) is 4.56. The van der Waals surface area contributed by atoms with Crippen molar-refractivity contribution in [2.45, 2.75) is 0 Å². The van der Waals surface area contributed by atoms with Crippen LogP contribution >= 0.6 is 0 Å². The molecule has 0 aliphatic heterocycles. The van der Waals surface area contributed by atoms with Crippen LogP contribution in [-0.4, -0.2) is 0 Å². The van der Waals surface area contributed by atoms with Crippen molar-refractivity contribution in [3.05, 3.63) is 170 Å². The van der Waals surface area contributed by atoms with E-state index in [2.05, 4.69) is 155 Å². The molecule has 0 saturated heterocycles. The molecule has 8 rings (SSSR count). The van der Waals surface area contributed by atoms with Crippen LogP contribution in [0.1, 0.15) is 0 Å². The SMILES string of the molecule is Nc1ccc(N(c2ccc(N)c3ccccc23)c2ccc(N(c3ccccc3)c3ccccc3)c3ccccc23)c2ccccc12. The van der Waals surface area contributed by atoms with Crippen LogP contribution in [0.15, 0.2) is 170 Å². The molecule has 4 N–H and O–H groups in total. The standard InChI is InChI=1S/C42H32N4/c43-37-23-25-40(33-19-9-7-17-31(33)37)46(41-26-24-38(44)32-18-8-10-20-34(32)41)42-28-27-39(35-21-11-12-22-36(35)42)45(29-13-3-1-4-14-29)30-15-5-2-6-16-30/h1-28H,43-44H2. The van der Waals surface area contributed by atoms with Gasteiger partial charge in [-0.2, -0.15) is 0 Å². The highest BCUT2D eigenvalue weighted by Crippen LogP contribution is 2.48. The Hall–Kier alpha value is -6.26. The number of nitrogens with two attached hydrogens (primary N) is 2. The molecule has 0 amide bonds. The average Bonchev–Trinajstić information content (AvgIpc) is 3.12. The minimum Gasteiger partial charge on any atom is -0.398 e. The van der Waals surface area contributed by atoms with Crippen molar-refractivity contribution in [1.29, 1.82) is 0 Å². The van der Waals surface area contributed by atoms with E-state index in [-0.39, 0.29) is 0 Å². The molecule has 0 unspecified atom stereocenters. The van der Waals surface area contributed by atoms with E-state index in [9.17, 15) is 0 Å². The second-order valence-corrected chi connectivity index (χ2v) is 11.4. The Morgan fingerprint density at radius 1 is 0.261 bits per heavy atom. The Balaban J connectivity index is 1.45. The zero-order valence-corrected chi connectivity index (χ0v) is 25.2. The molecule has 0 saturated carbocycles. The first-order valence-corrected chi connectivity index (χ1v) is 15.5. The van der Waals surface area contributed by atoms with Gasteiger partial charge < -0.3 is 21.3 Å². The number of fused-ring (bicyclic) bond motifs is 3. The van der Waals surface area contributed by atoms with Gasteiger partial charge in [0.15, 0.2) is 0 Å². The Kier molecular flexibility index (Phi) is 6.73. The van der Waals surface area contributed by atoms with Gasteiger partial charge in [-0.1, -0.05) is 109 Å². The summed E-state index contributed by atoms with van der Waals surface area (Å²) in [6, 6.07) is 59.2. The smallest absolute Gasteiger partial charge is 0.0542 e. The molecule has 4 heteroatoms. The molecule has 220 valence electrons. The number of nitrogens with zero attached hydrogens (tertiary/aromatic N) is 2. The van der Waals surface area contributed by atoms with Gasteiger partial charge in [-0.05, 0) is 60.7 Å². The predicted molar refractivity (Wildman–Crippen MR) is 197 cm³/mol. The molecule has 0 bridgehead atoms. The monoisotopic (exact) mass is 592 g/mol. The van der Waals surface area contributed by atoms with Gasteiger partial charge in [0.05, 0.1) is 22.7 Å². The van der Waals surface area contributed by atoms with Crippen LogP contribution < -0.4 is 21.3 Å². The number of hydrogen-bond acceptors (Lipinski definition) is 4. The van der Waals surface area contributed by atoms with Gasteiger partial charge >= 0.3 is 0 Å². The molecule has 0 aliphatic rings. The van der Waals surface area contributed by atoms with Gasteiger partial charge in [-0.15, -0.1) is 0 Å². The van der Waals surface area contributed by atoms with Crippen molar-refractivity contribution in [1.82, 2.24) is 0 Å². The Morgan fingerprint density at radius 3 is 0.935 bits per heavy atom. The predicted octanol–water partition coefficient (Wildman–Crippen LogP) is 11.3. The van der Waals surface area contributed by atoms with Gasteiger partial charge in [0, 0.05) is 55.1 Å². The normalized spacial score (nSPS) is 11.2.